The molecule has 1 fully saturated rings. The summed E-state index contributed by atoms with van der Waals surface area (Å²) in [4.78, 5) is 38.7. The number of nitrogens with zero attached hydrogens (tertiary/aromatic N) is 1. The lowest BCUT2D eigenvalue weighted by Gasteiger charge is -2.13. The summed E-state index contributed by atoms with van der Waals surface area (Å²) in [6, 6.07) is 12.1. The van der Waals surface area contributed by atoms with Gasteiger partial charge in [0.05, 0.1) is 25.2 Å². The first-order valence-corrected chi connectivity index (χ1v) is 10.9. The molecule has 1 heterocycles. The molecule has 0 unspecified atom stereocenters. The minimum absolute atomic E-state index is 0.207. The maximum Gasteiger partial charge on any atom is 0.294 e. The lowest BCUT2D eigenvalue weighted by Crippen LogP contribution is -2.36. The molecular formula is C23H24N2O6S. The number of nitrogens with one attached hydrogen (secondary N) is 1. The third kappa shape index (κ3) is 5.42. The summed E-state index contributed by atoms with van der Waals surface area (Å²) in [5, 5.41) is 2.17. The van der Waals surface area contributed by atoms with Crippen molar-refractivity contribution in [1.29, 1.82) is 0 Å². The number of carbonyl (C=O) groups excluding carboxylic acids is 3. The van der Waals surface area contributed by atoms with Crippen LogP contribution < -0.4 is 19.5 Å². The SMILES string of the molecule is CCOc1ccc(NC(=O)CN2C(=O)S/C(=C/c3cccc(OC)c3OCC)C2=O)cc1. The molecule has 0 atom stereocenters. The summed E-state index contributed by atoms with van der Waals surface area (Å²) in [5.74, 6) is 0.679. The number of ether oxygens (including phenoxy) is 3. The second-order valence-electron chi connectivity index (χ2n) is 6.59. The lowest BCUT2D eigenvalue weighted by atomic mass is 10.1. The number of benzene rings is 2. The predicted octanol–water partition coefficient (Wildman–Crippen LogP) is 4.17. The Bertz CT molecular complexity index is 1040. The molecule has 3 amide bonds. The molecule has 0 radical (unpaired) electrons. The van der Waals surface area contributed by atoms with Crippen LogP contribution in [0.1, 0.15) is 19.4 Å². The Balaban J connectivity index is 1.71. The van der Waals surface area contributed by atoms with Crippen molar-refractivity contribution in [3.8, 4) is 17.2 Å². The van der Waals surface area contributed by atoms with Gasteiger partial charge in [0.25, 0.3) is 11.1 Å². The van der Waals surface area contributed by atoms with Crippen molar-refractivity contribution < 1.29 is 28.6 Å². The molecule has 8 nitrogen and oxygen atoms in total. The van der Waals surface area contributed by atoms with Crippen LogP contribution in [0.2, 0.25) is 0 Å². The van der Waals surface area contributed by atoms with E-state index in [9.17, 15) is 14.4 Å². The van der Waals surface area contributed by atoms with Gasteiger partial charge in [-0.05, 0) is 62.0 Å². The van der Waals surface area contributed by atoms with E-state index in [2.05, 4.69) is 5.32 Å². The monoisotopic (exact) mass is 456 g/mol. The molecule has 0 aromatic heterocycles. The number of carbonyl (C=O) groups is 3. The predicted molar refractivity (Wildman–Crippen MR) is 123 cm³/mol. The van der Waals surface area contributed by atoms with Crippen molar-refractivity contribution in [2.45, 2.75) is 13.8 Å². The van der Waals surface area contributed by atoms with Crippen molar-refractivity contribution >= 4 is 40.6 Å². The molecule has 2 aromatic rings. The van der Waals surface area contributed by atoms with Crippen LogP contribution in [0.15, 0.2) is 47.4 Å². The van der Waals surface area contributed by atoms with Crippen LogP contribution in [-0.4, -0.2) is 48.8 Å². The van der Waals surface area contributed by atoms with E-state index in [1.165, 1.54) is 7.11 Å². The van der Waals surface area contributed by atoms with Gasteiger partial charge in [-0.25, -0.2) is 0 Å². The Labute approximate surface area is 190 Å². The van der Waals surface area contributed by atoms with Crippen LogP contribution in [0.5, 0.6) is 17.2 Å². The van der Waals surface area contributed by atoms with E-state index in [1.54, 1.807) is 48.5 Å². The zero-order valence-corrected chi connectivity index (χ0v) is 18.9. The number of methoxy groups -OCH3 is 1. The van der Waals surface area contributed by atoms with Crippen LogP contribution in [0.25, 0.3) is 6.08 Å². The molecule has 168 valence electrons. The molecule has 9 heteroatoms. The van der Waals surface area contributed by atoms with Gasteiger partial charge in [0.15, 0.2) is 11.5 Å². The first kappa shape index (κ1) is 23.2. The number of amides is 3. The minimum atomic E-state index is -0.535. The fraction of sp³-hybridized carbons (Fsp3) is 0.261. The average molecular weight is 457 g/mol. The molecule has 1 aliphatic rings. The number of anilines is 1. The third-order valence-corrected chi connectivity index (χ3v) is 5.34. The van der Waals surface area contributed by atoms with Gasteiger partial charge in [-0.1, -0.05) is 12.1 Å². The average Bonchev–Trinajstić information content (AvgIpc) is 3.04. The summed E-state index contributed by atoms with van der Waals surface area (Å²) in [7, 11) is 1.53. The number of hydrogen-bond donors (Lipinski definition) is 1. The number of thioether (sulfide) groups is 1. The standard InChI is InChI=1S/C23H24N2O6S/c1-4-30-17-11-9-16(10-12-17)24-20(26)14-25-22(27)19(32-23(25)28)13-15-7-6-8-18(29-3)21(15)31-5-2/h6-13H,4-5,14H2,1-3H3,(H,24,26)/b19-13+. The quantitative estimate of drug-likeness (QED) is 0.566. The van der Waals surface area contributed by atoms with Crippen molar-refractivity contribution in [3.63, 3.8) is 0 Å². The number of hydrogen-bond acceptors (Lipinski definition) is 7. The lowest BCUT2D eigenvalue weighted by molar-refractivity contribution is -0.127. The Morgan fingerprint density at radius 1 is 1.06 bits per heavy atom. The highest BCUT2D eigenvalue weighted by atomic mass is 32.2. The summed E-state index contributed by atoms with van der Waals surface area (Å²) in [5.41, 5.74) is 1.15. The maximum absolute atomic E-state index is 12.8. The first-order chi connectivity index (χ1) is 15.5. The Hall–Kier alpha value is -3.46. The minimum Gasteiger partial charge on any atom is -0.494 e. The molecular weight excluding hydrogens is 432 g/mol. The van der Waals surface area contributed by atoms with Crippen LogP contribution in [0, 0.1) is 0 Å². The molecule has 2 aromatic carbocycles. The maximum atomic E-state index is 12.8. The Morgan fingerprint density at radius 3 is 2.44 bits per heavy atom. The summed E-state index contributed by atoms with van der Waals surface area (Å²) in [6.07, 6.45) is 1.57. The summed E-state index contributed by atoms with van der Waals surface area (Å²) >= 11 is 0.778. The van der Waals surface area contributed by atoms with Crippen LogP contribution >= 0.6 is 11.8 Å². The summed E-state index contributed by atoms with van der Waals surface area (Å²) < 4.78 is 16.3. The van der Waals surface area contributed by atoms with E-state index < -0.39 is 17.1 Å². The van der Waals surface area contributed by atoms with Gasteiger partial charge in [0, 0.05) is 11.3 Å². The highest BCUT2D eigenvalue weighted by Crippen LogP contribution is 2.37. The number of para-hydroxylation sites is 1. The molecule has 3 rings (SSSR count). The molecule has 0 bridgehead atoms. The zero-order valence-electron chi connectivity index (χ0n) is 18.0. The second-order valence-corrected chi connectivity index (χ2v) is 7.58. The van der Waals surface area contributed by atoms with E-state index in [0.29, 0.717) is 41.7 Å². The largest absolute Gasteiger partial charge is 0.494 e. The van der Waals surface area contributed by atoms with E-state index in [0.717, 1.165) is 16.7 Å². The molecule has 1 saturated heterocycles. The van der Waals surface area contributed by atoms with Crippen molar-refractivity contribution in [3.05, 3.63) is 52.9 Å². The number of imide groups is 1. The van der Waals surface area contributed by atoms with Crippen LogP contribution in [0.4, 0.5) is 10.5 Å². The van der Waals surface area contributed by atoms with Crippen molar-refractivity contribution in [1.82, 2.24) is 4.90 Å². The zero-order chi connectivity index (χ0) is 23.1. The third-order valence-electron chi connectivity index (χ3n) is 4.43. The van der Waals surface area contributed by atoms with Gasteiger partial charge in [0.2, 0.25) is 5.91 Å². The first-order valence-electron chi connectivity index (χ1n) is 10.0. The van der Waals surface area contributed by atoms with Crippen molar-refractivity contribution in [2.75, 3.05) is 32.2 Å². The van der Waals surface area contributed by atoms with E-state index in [1.807, 2.05) is 13.8 Å². The van der Waals surface area contributed by atoms with Gasteiger partial charge < -0.3 is 19.5 Å². The Morgan fingerprint density at radius 2 is 1.78 bits per heavy atom. The topological polar surface area (TPSA) is 94.2 Å². The van der Waals surface area contributed by atoms with Crippen LogP contribution in [0.3, 0.4) is 0 Å². The Kier molecular flexibility index (Phi) is 7.77. The van der Waals surface area contributed by atoms with E-state index >= 15 is 0 Å². The second kappa shape index (κ2) is 10.7. The highest BCUT2D eigenvalue weighted by molar-refractivity contribution is 8.18. The van der Waals surface area contributed by atoms with Gasteiger partial charge in [-0.15, -0.1) is 0 Å². The van der Waals surface area contributed by atoms with Crippen molar-refractivity contribution in [2.24, 2.45) is 0 Å². The molecule has 1 N–H and O–H groups in total. The van der Waals surface area contributed by atoms with Gasteiger partial charge in [0.1, 0.15) is 12.3 Å². The fourth-order valence-corrected chi connectivity index (χ4v) is 3.86. The highest BCUT2D eigenvalue weighted by Gasteiger charge is 2.36. The van der Waals surface area contributed by atoms with Gasteiger partial charge in [-0.2, -0.15) is 0 Å². The fourth-order valence-electron chi connectivity index (χ4n) is 3.03. The summed E-state index contributed by atoms with van der Waals surface area (Å²) in [6.45, 7) is 4.29. The smallest absolute Gasteiger partial charge is 0.294 e. The van der Waals surface area contributed by atoms with Gasteiger partial charge in [-0.3, -0.25) is 19.3 Å². The van der Waals surface area contributed by atoms with Crippen LogP contribution in [-0.2, 0) is 9.59 Å². The molecule has 0 spiro atoms. The molecule has 0 aliphatic carbocycles. The molecule has 0 saturated carbocycles. The normalized spacial score (nSPS) is 14.6. The molecule has 1 aliphatic heterocycles. The van der Waals surface area contributed by atoms with E-state index in [-0.39, 0.29) is 11.4 Å². The number of rotatable bonds is 9. The van der Waals surface area contributed by atoms with Gasteiger partial charge >= 0.3 is 0 Å². The molecule has 32 heavy (non-hydrogen) atoms. The van der Waals surface area contributed by atoms with E-state index in [4.69, 9.17) is 14.2 Å².